The van der Waals surface area contributed by atoms with Crippen molar-refractivity contribution in [2.24, 2.45) is 5.10 Å². The molecule has 1 N–H and O–H groups in total. The van der Waals surface area contributed by atoms with Crippen LogP contribution in [-0.2, 0) is 9.59 Å². The summed E-state index contributed by atoms with van der Waals surface area (Å²) >= 11 is 0. The van der Waals surface area contributed by atoms with E-state index in [1.165, 1.54) is 0 Å². The largest absolute Gasteiger partial charge is 0.345 e. The fourth-order valence-electron chi connectivity index (χ4n) is 0.712. The second kappa shape index (κ2) is 2.94. The van der Waals surface area contributed by atoms with Crippen LogP contribution >= 0.6 is 0 Å². The van der Waals surface area contributed by atoms with Crippen LogP contribution in [0.4, 0.5) is 4.79 Å². The van der Waals surface area contributed by atoms with Gasteiger partial charge in [-0.15, -0.1) is 5.01 Å². The van der Waals surface area contributed by atoms with Gasteiger partial charge in [0.2, 0.25) is 0 Å². The second-order valence-electron chi connectivity index (χ2n) is 1.88. The number of carbonyl (C=O) groups excluding carboxylic acids is 3. The number of carbonyl (C=O) groups is 2. The van der Waals surface area contributed by atoms with E-state index in [9.17, 15) is 14.4 Å². The van der Waals surface area contributed by atoms with E-state index >= 15 is 0 Å². The van der Waals surface area contributed by atoms with Crippen molar-refractivity contribution < 1.29 is 14.4 Å². The van der Waals surface area contributed by atoms with Crippen LogP contribution in [0.3, 0.4) is 0 Å². The minimum Gasteiger partial charge on any atom is -0.336 e. The third-order valence-corrected chi connectivity index (χ3v) is 1.18. The van der Waals surface area contributed by atoms with Gasteiger partial charge < -0.3 is 5.32 Å². The van der Waals surface area contributed by atoms with Crippen molar-refractivity contribution in [1.82, 2.24) is 10.3 Å². The highest BCUT2D eigenvalue weighted by Crippen LogP contribution is 2.00. The minimum absolute atomic E-state index is 0.164. The Hall–Kier alpha value is -1.68. The number of urea groups is 1. The molecule has 3 amide bonds. The van der Waals surface area contributed by atoms with Crippen LogP contribution in [0.5, 0.6) is 0 Å². The van der Waals surface area contributed by atoms with Crippen LogP contribution < -0.4 is 5.32 Å². The molecule has 0 atom stereocenters. The lowest BCUT2D eigenvalue weighted by Crippen LogP contribution is -2.46. The maximum Gasteiger partial charge on any atom is 0.345 e. The first kappa shape index (κ1) is 7.43. The van der Waals surface area contributed by atoms with Crippen molar-refractivity contribution in [3.8, 4) is 0 Å². The second-order valence-corrected chi connectivity index (χ2v) is 1.88. The molecule has 1 fully saturated rings. The SMILES string of the molecule is O=C=NN1C(=O)CCNC1=O. The lowest BCUT2D eigenvalue weighted by Gasteiger charge is -2.18. The molecule has 1 aliphatic rings. The van der Waals surface area contributed by atoms with E-state index in [2.05, 4.69) is 10.4 Å². The van der Waals surface area contributed by atoms with E-state index in [1.807, 2.05) is 0 Å². The fourth-order valence-corrected chi connectivity index (χ4v) is 0.712. The highest BCUT2D eigenvalue weighted by Gasteiger charge is 2.25. The molecular formula is C5H5N3O3. The molecule has 0 spiro atoms. The van der Waals surface area contributed by atoms with Gasteiger partial charge in [0.05, 0.1) is 0 Å². The summed E-state index contributed by atoms with van der Waals surface area (Å²) in [5.74, 6) is -0.489. The van der Waals surface area contributed by atoms with Crippen LogP contribution in [0, 0.1) is 0 Å². The Morgan fingerprint density at radius 3 is 2.82 bits per heavy atom. The van der Waals surface area contributed by atoms with E-state index < -0.39 is 11.9 Å². The van der Waals surface area contributed by atoms with Crippen LogP contribution in [0.15, 0.2) is 5.10 Å². The highest BCUT2D eigenvalue weighted by atomic mass is 16.2. The lowest BCUT2D eigenvalue weighted by atomic mass is 10.3. The standard InChI is InChI=1S/C5H5N3O3/c9-3-7-8-4(10)1-2-6-5(8)11/h1-2H2,(H,6,11). The molecule has 0 aromatic rings. The van der Waals surface area contributed by atoms with Gasteiger partial charge >= 0.3 is 6.03 Å². The molecule has 1 aliphatic heterocycles. The number of isocyanates is 1. The third kappa shape index (κ3) is 1.42. The molecule has 6 nitrogen and oxygen atoms in total. The molecule has 0 aromatic carbocycles. The number of nitrogens with zero attached hydrogens (tertiary/aromatic N) is 2. The number of hydrogen-bond donors (Lipinski definition) is 1. The van der Waals surface area contributed by atoms with Gasteiger partial charge in [-0.2, -0.15) is 0 Å². The minimum atomic E-state index is -0.676. The molecule has 6 heteroatoms. The van der Waals surface area contributed by atoms with Crippen LogP contribution in [0.25, 0.3) is 0 Å². The Balaban J connectivity index is 2.78. The molecule has 1 rings (SSSR count). The molecule has 1 heterocycles. The van der Waals surface area contributed by atoms with Gasteiger partial charge in [0, 0.05) is 13.0 Å². The normalized spacial score (nSPS) is 17.3. The number of imide groups is 1. The first-order valence-electron chi connectivity index (χ1n) is 2.94. The van der Waals surface area contributed by atoms with E-state index in [1.54, 1.807) is 0 Å². The number of rotatable bonds is 1. The number of hydrogen-bond acceptors (Lipinski definition) is 4. The predicted octanol–water partition coefficient (Wildman–Crippen LogP) is -0.821. The van der Waals surface area contributed by atoms with Crippen LogP contribution in [0.2, 0.25) is 0 Å². The Kier molecular flexibility index (Phi) is 1.98. The van der Waals surface area contributed by atoms with Crippen molar-refractivity contribution in [2.45, 2.75) is 6.42 Å². The zero-order chi connectivity index (χ0) is 8.27. The molecule has 0 saturated carbocycles. The van der Waals surface area contributed by atoms with E-state index in [0.717, 1.165) is 6.08 Å². The Morgan fingerprint density at radius 2 is 2.27 bits per heavy atom. The molecule has 0 unspecified atom stereocenters. The molecule has 11 heavy (non-hydrogen) atoms. The van der Waals surface area contributed by atoms with E-state index in [4.69, 9.17) is 0 Å². The maximum absolute atomic E-state index is 10.8. The number of nitrogens with one attached hydrogen (secondary N) is 1. The average molecular weight is 155 g/mol. The zero-order valence-corrected chi connectivity index (χ0v) is 5.53. The van der Waals surface area contributed by atoms with Gasteiger partial charge in [-0.25, -0.2) is 9.59 Å². The van der Waals surface area contributed by atoms with E-state index in [-0.39, 0.29) is 6.42 Å². The number of hydrazone groups is 1. The van der Waals surface area contributed by atoms with Gasteiger partial charge in [0.25, 0.3) is 12.0 Å². The third-order valence-electron chi connectivity index (χ3n) is 1.18. The summed E-state index contributed by atoms with van der Waals surface area (Å²) in [6.45, 7) is 0.294. The summed E-state index contributed by atoms with van der Waals surface area (Å²) in [5.41, 5.74) is 0. The maximum atomic E-state index is 10.8. The molecule has 0 bridgehead atoms. The van der Waals surface area contributed by atoms with Gasteiger partial charge in [-0.3, -0.25) is 4.79 Å². The Bertz CT molecular complexity index is 227. The fraction of sp³-hybridized carbons (Fsp3) is 0.400. The Labute approximate surface area is 61.9 Å². The van der Waals surface area contributed by atoms with Crippen molar-refractivity contribution in [2.75, 3.05) is 6.54 Å². The van der Waals surface area contributed by atoms with Crippen molar-refractivity contribution in [1.29, 1.82) is 0 Å². The summed E-state index contributed by atoms with van der Waals surface area (Å²) in [5, 5.41) is 5.72. The molecular weight excluding hydrogens is 150 g/mol. The van der Waals surface area contributed by atoms with Crippen LogP contribution in [-0.4, -0.2) is 29.6 Å². The summed E-state index contributed by atoms with van der Waals surface area (Å²) in [6, 6.07) is -0.676. The molecule has 0 radical (unpaired) electrons. The first-order chi connectivity index (χ1) is 5.25. The average Bonchev–Trinajstić information content (AvgIpc) is 1.97. The number of amides is 3. The van der Waals surface area contributed by atoms with Crippen molar-refractivity contribution >= 4 is 18.0 Å². The lowest BCUT2D eigenvalue weighted by molar-refractivity contribution is -0.129. The smallest absolute Gasteiger partial charge is 0.336 e. The highest BCUT2D eigenvalue weighted by molar-refractivity contribution is 5.96. The first-order valence-corrected chi connectivity index (χ1v) is 2.94. The molecule has 0 aliphatic carbocycles. The quantitative estimate of drug-likeness (QED) is 0.397. The van der Waals surface area contributed by atoms with Crippen molar-refractivity contribution in [3.63, 3.8) is 0 Å². The molecule has 58 valence electrons. The van der Waals surface area contributed by atoms with Gasteiger partial charge in [0.15, 0.2) is 0 Å². The topological polar surface area (TPSA) is 78.8 Å². The Morgan fingerprint density at radius 1 is 1.55 bits per heavy atom. The van der Waals surface area contributed by atoms with Crippen LogP contribution in [0.1, 0.15) is 6.42 Å². The summed E-state index contributed by atoms with van der Waals surface area (Å²) in [7, 11) is 0. The summed E-state index contributed by atoms with van der Waals surface area (Å²) in [4.78, 5) is 31.2. The van der Waals surface area contributed by atoms with Gasteiger partial charge in [-0.1, -0.05) is 5.10 Å². The molecule has 0 aromatic heterocycles. The zero-order valence-electron chi connectivity index (χ0n) is 5.53. The predicted molar refractivity (Wildman–Crippen MR) is 33.0 cm³/mol. The summed E-state index contributed by atoms with van der Waals surface area (Å²) in [6.07, 6.45) is 1.28. The van der Waals surface area contributed by atoms with Gasteiger partial charge in [-0.05, 0) is 0 Å². The summed E-state index contributed by atoms with van der Waals surface area (Å²) < 4.78 is 0. The van der Waals surface area contributed by atoms with Crippen molar-refractivity contribution in [3.05, 3.63) is 0 Å². The van der Waals surface area contributed by atoms with Gasteiger partial charge in [0.1, 0.15) is 0 Å². The molecule has 1 saturated heterocycles. The monoisotopic (exact) mass is 155 g/mol. The van der Waals surface area contributed by atoms with E-state index in [0.29, 0.717) is 11.6 Å².